The summed E-state index contributed by atoms with van der Waals surface area (Å²) in [6, 6.07) is 0. The Bertz CT molecular complexity index is 255. The van der Waals surface area contributed by atoms with E-state index in [2.05, 4.69) is 36.7 Å². The predicted octanol–water partition coefficient (Wildman–Crippen LogP) is 3.36. The number of rotatable bonds is 4. The fourth-order valence-electron chi connectivity index (χ4n) is 2.55. The molecule has 17 heavy (non-hydrogen) atoms. The van der Waals surface area contributed by atoms with Crippen molar-refractivity contribution in [1.29, 1.82) is 0 Å². The summed E-state index contributed by atoms with van der Waals surface area (Å²) in [5, 5.41) is -0.646. The van der Waals surface area contributed by atoms with Crippen LogP contribution in [-0.2, 0) is 14.3 Å². The van der Waals surface area contributed by atoms with E-state index in [-0.39, 0.29) is 12.1 Å². The molecule has 0 saturated heterocycles. The Morgan fingerprint density at radius 3 is 2.53 bits per heavy atom. The van der Waals surface area contributed by atoms with Gasteiger partial charge >= 0.3 is 5.97 Å². The molecule has 4 atom stereocenters. The lowest BCUT2D eigenvalue weighted by molar-refractivity contribution is -0.161. The van der Waals surface area contributed by atoms with Crippen molar-refractivity contribution >= 4 is 21.9 Å². The van der Waals surface area contributed by atoms with Gasteiger partial charge in [0.05, 0.1) is 0 Å². The monoisotopic (exact) mass is 306 g/mol. The zero-order valence-corrected chi connectivity index (χ0v) is 12.7. The molecule has 4 unspecified atom stereocenters. The minimum absolute atomic E-state index is 0.0430. The summed E-state index contributed by atoms with van der Waals surface area (Å²) in [4.78, 5) is 11.7. The Morgan fingerprint density at radius 1 is 1.35 bits per heavy atom. The van der Waals surface area contributed by atoms with E-state index < -0.39 is 5.01 Å². The first kappa shape index (κ1) is 15.0. The van der Waals surface area contributed by atoms with Gasteiger partial charge in [0.15, 0.2) is 0 Å². The van der Waals surface area contributed by atoms with E-state index in [1.165, 1.54) is 13.5 Å². The number of alkyl halides is 1. The van der Waals surface area contributed by atoms with Crippen LogP contribution in [0.25, 0.3) is 0 Å². The van der Waals surface area contributed by atoms with Crippen LogP contribution in [0.1, 0.15) is 40.0 Å². The van der Waals surface area contributed by atoms with Crippen molar-refractivity contribution in [2.45, 2.75) is 51.2 Å². The van der Waals surface area contributed by atoms with Gasteiger partial charge in [-0.2, -0.15) is 0 Å². The number of halogens is 1. The lowest BCUT2D eigenvalue weighted by Crippen LogP contribution is -2.37. The van der Waals surface area contributed by atoms with Gasteiger partial charge in [-0.25, -0.2) is 4.79 Å². The molecule has 0 aromatic heterocycles. The van der Waals surface area contributed by atoms with Crippen molar-refractivity contribution in [3.05, 3.63) is 0 Å². The van der Waals surface area contributed by atoms with E-state index >= 15 is 0 Å². The van der Waals surface area contributed by atoms with Gasteiger partial charge in [0.25, 0.3) is 0 Å². The molecule has 0 radical (unpaired) electrons. The lowest BCUT2D eigenvalue weighted by atomic mass is 9.75. The van der Waals surface area contributed by atoms with Gasteiger partial charge in [-0.1, -0.05) is 27.2 Å². The highest BCUT2D eigenvalue weighted by Crippen LogP contribution is 2.35. The van der Waals surface area contributed by atoms with Gasteiger partial charge in [-0.15, -0.1) is 0 Å². The van der Waals surface area contributed by atoms with Crippen LogP contribution in [0.4, 0.5) is 0 Å². The van der Waals surface area contributed by atoms with Crippen LogP contribution >= 0.6 is 15.9 Å². The summed E-state index contributed by atoms with van der Waals surface area (Å²) < 4.78 is 10.5. The van der Waals surface area contributed by atoms with E-state index in [9.17, 15) is 4.79 Å². The molecule has 4 heteroatoms. The van der Waals surface area contributed by atoms with Gasteiger partial charge in [0, 0.05) is 7.11 Å². The molecule has 1 rings (SSSR count). The number of carbonyl (C=O) groups is 1. The second-order valence-electron chi connectivity index (χ2n) is 5.35. The lowest BCUT2D eigenvalue weighted by Gasteiger charge is -2.36. The molecule has 3 nitrogen and oxygen atoms in total. The number of carbonyl (C=O) groups excluding carboxylic acids is 1. The largest absolute Gasteiger partial charge is 0.459 e. The zero-order valence-electron chi connectivity index (χ0n) is 11.1. The SMILES string of the molecule is COC(Br)C(=O)OC1CC(C)CCC1C(C)C. The maximum absolute atomic E-state index is 11.7. The normalized spacial score (nSPS) is 31.3. The second kappa shape index (κ2) is 6.74. The third-order valence-corrected chi connectivity index (χ3v) is 4.37. The zero-order chi connectivity index (χ0) is 13.0. The molecule has 0 aliphatic heterocycles. The molecule has 1 aliphatic carbocycles. The Morgan fingerprint density at radius 2 is 2.00 bits per heavy atom. The molecule has 1 saturated carbocycles. The molecule has 0 heterocycles. The van der Waals surface area contributed by atoms with Crippen molar-refractivity contribution in [1.82, 2.24) is 0 Å². The fraction of sp³-hybridized carbons (Fsp3) is 0.923. The molecule has 1 fully saturated rings. The summed E-state index contributed by atoms with van der Waals surface area (Å²) in [5.74, 6) is 1.36. The number of hydrogen-bond donors (Lipinski definition) is 0. The van der Waals surface area contributed by atoms with Crippen LogP contribution in [0.2, 0.25) is 0 Å². The van der Waals surface area contributed by atoms with E-state index in [1.54, 1.807) is 0 Å². The molecule has 0 aromatic rings. The maximum Gasteiger partial charge on any atom is 0.346 e. The summed E-state index contributed by atoms with van der Waals surface area (Å²) in [5.41, 5.74) is 0. The smallest absolute Gasteiger partial charge is 0.346 e. The molecule has 1 aliphatic rings. The third kappa shape index (κ3) is 4.25. The second-order valence-corrected chi connectivity index (χ2v) is 6.18. The van der Waals surface area contributed by atoms with Crippen molar-refractivity contribution in [2.75, 3.05) is 7.11 Å². The van der Waals surface area contributed by atoms with Crippen LogP contribution < -0.4 is 0 Å². The van der Waals surface area contributed by atoms with Crippen molar-refractivity contribution in [3.63, 3.8) is 0 Å². The van der Waals surface area contributed by atoms with Crippen molar-refractivity contribution in [3.8, 4) is 0 Å². The predicted molar refractivity (Wildman–Crippen MR) is 70.9 cm³/mol. The standard InChI is InChI=1S/C13H23BrO3/c1-8(2)10-6-5-9(3)7-11(10)17-13(15)12(14)16-4/h8-12H,5-7H2,1-4H3. The van der Waals surface area contributed by atoms with Gasteiger partial charge in [0.2, 0.25) is 5.01 Å². The summed E-state index contributed by atoms with van der Waals surface area (Å²) in [7, 11) is 1.49. The first-order chi connectivity index (χ1) is 7.95. The molecule has 0 aromatic carbocycles. The minimum Gasteiger partial charge on any atom is -0.459 e. The Labute approximate surface area is 112 Å². The Balaban J connectivity index is 2.60. The molecule has 0 spiro atoms. The third-order valence-electron chi connectivity index (χ3n) is 3.62. The summed E-state index contributed by atoms with van der Waals surface area (Å²) in [6.07, 6.45) is 3.40. The quantitative estimate of drug-likeness (QED) is 0.590. The highest BCUT2D eigenvalue weighted by atomic mass is 79.9. The number of esters is 1. The molecular weight excluding hydrogens is 284 g/mol. The maximum atomic E-state index is 11.7. The number of methoxy groups -OCH3 is 1. The van der Waals surface area contributed by atoms with Gasteiger partial charge in [-0.05, 0) is 46.5 Å². The average Bonchev–Trinajstić information content (AvgIpc) is 2.27. The summed E-state index contributed by atoms with van der Waals surface area (Å²) >= 11 is 3.14. The van der Waals surface area contributed by atoms with Gasteiger partial charge in [-0.3, -0.25) is 0 Å². The highest BCUT2D eigenvalue weighted by Gasteiger charge is 2.34. The Hall–Kier alpha value is -0.0900. The van der Waals surface area contributed by atoms with Gasteiger partial charge in [0.1, 0.15) is 6.10 Å². The summed E-state index contributed by atoms with van der Waals surface area (Å²) in [6.45, 7) is 6.62. The topological polar surface area (TPSA) is 35.5 Å². The van der Waals surface area contributed by atoms with Crippen molar-refractivity contribution < 1.29 is 14.3 Å². The fourth-order valence-corrected chi connectivity index (χ4v) is 2.66. The Kier molecular flexibility index (Phi) is 5.93. The van der Waals surface area contributed by atoms with Crippen LogP contribution in [-0.4, -0.2) is 24.2 Å². The molecular formula is C13H23BrO3. The number of hydrogen-bond acceptors (Lipinski definition) is 3. The first-order valence-electron chi connectivity index (χ1n) is 6.33. The van der Waals surface area contributed by atoms with E-state index in [0.717, 1.165) is 12.8 Å². The molecule has 0 N–H and O–H groups in total. The van der Waals surface area contributed by atoms with Gasteiger partial charge < -0.3 is 9.47 Å². The molecule has 0 amide bonds. The van der Waals surface area contributed by atoms with Crippen LogP contribution in [0.5, 0.6) is 0 Å². The first-order valence-corrected chi connectivity index (χ1v) is 7.24. The van der Waals surface area contributed by atoms with Crippen LogP contribution in [0.15, 0.2) is 0 Å². The van der Waals surface area contributed by atoms with Crippen LogP contribution in [0.3, 0.4) is 0 Å². The number of ether oxygens (including phenoxy) is 2. The van der Waals surface area contributed by atoms with Crippen molar-refractivity contribution in [2.24, 2.45) is 17.8 Å². The van der Waals surface area contributed by atoms with E-state index in [4.69, 9.17) is 9.47 Å². The highest BCUT2D eigenvalue weighted by molar-refractivity contribution is 9.09. The average molecular weight is 307 g/mol. The van der Waals surface area contributed by atoms with E-state index in [0.29, 0.717) is 17.8 Å². The van der Waals surface area contributed by atoms with Crippen LogP contribution in [0, 0.1) is 17.8 Å². The molecule has 100 valence electrons. The molecule has 0 bridgehead atoms. The minimum atomic E-state index is -0.646. The van der Waals surface area contributed by atoms with E-state index in [1.807, 2.05) is 0 Å².